The topological polar surface area (TPSA) is 85.6 Å². The van der Waals surface area contributed by atoms with Crippen LogP contribution in [0.2, 0.25) is 0 Å². The van der Waals surface area contributed by atoms with Gasteiger partial charge in [-0.3, -0.25) is 9.69 Å². The third kappa shape index (κ3) is 3.66. The first-order valence-electron chi connectivity index (χ1n) is 14.0. The molecule has 202 valence electrons. The Balaban J connectivity index is 1.22. The van der Waals surface area contributed by atoms with E-state index in [1.54, 1.807) is 23.1 Å². The van der Waals surface area contributed by atoms with Crippen LogP contribution < -0.4 is 4.74 Å². The summed E-state index contributed by atoms with van der Waals surface area (Å²) in [6, 6.07) is 11.0. The standard InChI is InChI=1S/C31H33N3O4S/c1-33(26(36)10-7-19-3-2-4-22(15-19)32-18-39)23-11-12-31(37)25-16-21-8-9-24(35)28-27(21)30(31,29(23)38-28)13-14-34(25)17-20-5-6-20/h2-4,7-10,15,20,23,25,29,35,37H,5-6,11-14,16-17H2,1H3/t23?,25-,29?,30+,31?/m1/s1. The normalized spacial score (nSPS) is 32.3. The number of aliphatic hydroxyl groups is 1. The van der Waals surface area contributed by atoms with E-state index in [9.17, 15) is 15.0 Å². The van der Waals surface area contributed by atoms with E-state index >= 15 is 0 Å². The van der Waals surface area contributed by atoms with Gasteiger partial charge in [-0.15, -0.1) is 0 Å². The number of carbonyl (C=O) groups is 1. The smallest absolute Gasteiger partial charge is 0.246 e. The van der Waals surface area contributed by atoms with Gasteiger partial charge in [-0.05, 0) is 98.6 Å². The summed E-state index contributed by atoms with van der Waals surface area (Å²) in [6.45, 7) is 1.93. The lowest BCUT2D eigenvalue weighted by molar-refractivity contribution is -0.200. The Morgan fingerprint density at radius 3 is 2.92 bits per heavy atom. The molecule has 7 nitrogen and oxygen atoms in total. The molecule has 2 N–H and O–H groups in total. The maximum absolute atomic E-state index is 13.5. The van der Waals surface area contributed by atoms with Crippen LogP contribution in [0.1, 0.15) is 48.8 Å². The number of carbonyl (C=O) groups excluding carboxylic acids is 1. The third-order valence-corrected chi connectivity index (χ3v) is 10.1. The minimum atomic E-state index is -0.963. The molecular weight excluding hydrogens is 510 g/mol. The van der Waals surface area contributed by atoms with E-state index in [0.717, 1.165) is 48.5 Å². The van der Waals surface area contributed by atoms with Crippen molar-refractivity contribution >= 4 is 35.0 Å². The quantitative estimate of drug-likeness (QED) is 0.322. The van der Waals surface area contributed by atoms with E-state index in [1.165, 1.54) is 12.8 Å². The van der Waals surface area contributed by atoms with Gasteiger partial charge in [0.2, 0.25) is 5.91 Å². The Kier molecular flexibility index (Phi) is 5.76. The monoisotopic (exact) mass is 543 g/mol. The molecule has 0 aromatic heterocycles. The first-order chi connectivity index (χ1) is 18.9. The van der Waals surface area contributed by atoms with Crippen molar-refractivity contribution in [3.8, 4) is 11.5 Å². The number of phenols is 1. The molecule has 3 aliphatic carbocycles. The van der Waals surface area contributed by atoms with Crippen LogP contribution in [0.3, 0.4) is 0 Å². The van der Waals surface area contributed by atoms with Crippen molar-refractivity contribution in [1.82, 2.24) is 9.80 Å². The van der Waals surface area contributed by atoms with Crippen molar-refractivity contribution in [2.24, 2.45) is 10.9 Å². The van der Waals surface area contributed by atoms with Gasteiger partial charge < -0.3 is 19.8 Å². The number of aliphatic imine (C=N–C) groups is 1. The molecule has 1 spiro atoms. The average molecular weight is 544 g/mol. The van der Waals surface area contributed by atoms with Gasteiger partial charge >= 0.3 is 0 Å². The van der Waals surface area contributed by atoms with Crippen molar-refractivity contribution < 1.29 is 19.7 Å². The van der Waals surface area contributed by atoms with Gasteiger partial charge in [0.15, 0.2) is 11.5 Å². The van der Waals surface area contributed by atoms with Crippen LogP contribution in [0.15, 0.2) is 47.5 Å². The predicted molar refractivity (Wildman–Crippen MR) is 152 cm³/mol. The molecule has 7 rings (SSSR count). The minimum Gasteiger partial charge on any atom is -0.504 e. The highest BCUT2D eigenvalue weighted by Gasteiger charge is 2.73. The van der Waals surface area contributed by atoms with Crippen LogP contribution in [0.5, 0.6) is 11.5 Å². The molecule has 3 unspecified atom stereocenters. The fourth-order valence-electron chi connectivity index (χ4n) is 8.05. The molecule has 2 bridgehead atoms. The second-order valence-electron chi connectivity index (χ2n) is 12.0. The molecule has 8 heteroatoms. The maximum Gasteiger partial charge on any atom is 0.246 e. The molecule has 39 heavy (non-hydrogen) atoms. The molecule has 3 fully saturated rings. The molecule has 2 heterocycles. The molecule has 2 saturated carbocycles. The molecule has 5 atom stereocenters. The SMILES string of the molecule is CN(C(=O)C=Cc1cccc(N=C=S)c1)C1CCC2(O)[C@H]3Cc4ccc(O)c5c4[C@@]2(CCN3CC2CC2)C1O5. The number of ether oxygens (including phenoxy) is 1. The van der Waals surface area contributed by atoms with Crippen LogP contribution in [0.4, 0.5) is 5.69 Å². The first-order valence-corrected chi connectivity index (χ1v) is 14.4. The van der Waals surface area contributed by atoms with Crippen LogP contribution in [-0.2, 0) is 16.6 Å². The molecule has 2 aliphatic heterocycles. The van der Waals surface area contributed by atoms with Crippen molar-refractivity contribution in [2.75, 3.05) is 20.1 Å². The summed E-state index contributed by atoms with van der Waals surface area (Å²) in [4.78, 5) is 21.8. The van der Waals surface area contributed by atoms with Gasteiger partial charge in [0.05, 0.1) is 27.9 Å². The number of benzene rings is 2. The number of amides is 1. The van der Waals surface area contributed by atoms with Crippen LogP contribution >= 0.6 is 12.2 Å². The fourth-order valence-corrected chi connectivity index (χ4v) is 8.16. The Hall–Kier alpha value is -3.03. The predicted octanol–water partition coefficient (Wildman–Crippen LogP) is 4.23. The van der Waals surface area contributed by atoms with Gasteiger partial charge in [-0.2, -0.15) is 4.99 Å². The number of likely N-dealkylation sites (N-methyl/N-ethyl adjacent to an activating group) is 1. The fraction of sp³-hybridized carbons (Fsp3) is 0.484. The van der Waals surface area contributed by atoms with Gasteiger partial charge in [0.1, 0.15) is 6.10 Å². The van der Waals surface area contributed by atoms with E-state index in [0.29, 0.717) is 24.3 Å². The first kappa shape index (κ1) is 25.0. The van der Waals surface area contributed by atoms with Crippen molar-refractivity contribution in [3.05, 3.63) is 59.2 Å². The highest BCUT2D eigenvalue weighted by Crippen LogP contribution is 2.66. The number of rotatable bonds is 6. The number of hydrogen-bond acceptors (Lipinski definition) is 7. The summed E-state index contributed by atoms with van der Waals surface area (Å²) in [6.07, 6.45) is 8.23. The zero-order chi connectivity index (χ0) is 26.9. The summed E-state index contributed by atoms with van der Waals surface area (Å²) >= 11 is 4.70. The average Bonchev–Trinajstić information content (AvgIpc) is 3.67. The second-order valence-corrected chi connectivity index (χ2v) is 12.2. The summed E-state index contributed by atoms with van der Waals surface area (Å²) in [7, 11) is 1.82. The van der Waals surface area contributed by atoms with E-state index in [1.807, 2.05) is 37.4 Å². The lowest BCUT2D eigenvalue weighted by atomic mass is 9.48. The van der Waals surface area contributed by atoms with Crippen LogP contribution in [0, 0.1) is 5.92 Å². The zero-order valence-corrected chi connectivity index (χ0v) is 22.9. The van der Waals surface area contributed by atoms with E-state index in [-0.39, 0.29) is 23.7 Å². The molecule has 2 aromatic carbocycles. The highest BCUT2D eigenvalue weighted by atomic mass is 32.1. The van der Waals surface area contributed by atoms with Gasteiger partial charge in [-0.1, -0.05) is 18.2 Å². The molecular formula is C31H33N3O4S. The Labute approximate surface area is 233 Å². The van der Waals surface area contributed by atoms with Crippen molar-refractivity contribution in [3.63, 3.8) is 0 Å². The van der Waals surface area contributed by atoms with Crippen molar-refractivity contribution in [2.45, 2.75) is 67.7 Å². The second kappa shape index (κ2) is 9.00. The Bertz CT molecular complexity index is 1430. The summed E-state index contributed by atoms with van der Waals surface area (Å²) < 4.78 is 6.62. The van der Waals surface area contributed by atoms with Crippen LogP contribution in [0.25, 0.3) is 6.08 Å². The van der Waals surface area contributed by atoms with Gasteiger partial charge in [0, 0.05) is 31.3 Å². The molecule has 1 saturated heterocycles. The van der Waals surface area contributed by atoms with Crippen LogP contribution in [-0.4, -0.2) is 75.0 Å². The summed E-state index contributed by atoms with van der Waals surface area (Å²) in [5.41, 5.74) is 2.06. The molecule has 5 aliphatic rings. The lowest BCUT2D eigenvalue weighted by Gasteiger charge is -2.64. The number of piperidine rings is 1. The number of likely N-dealkylation sites (tertiary alicyclic amines) is 1. The summed E-state index contributed by atoms with van der Waals surface area (Å²) in [5.74, 6) is 1.23. The minimum absolute atomic E-state index is 0.0186. The number of hydrogen-bond donors (Lipinski definition) is 2. The van der Waals surface area contributed by atoms with E-state index < -0.39 is 17.1 Å². The summed E-state index contributed by atoms with van der Waals surface area (Å²) in [5, 5.41) is 25.8. The van der Waals surface area contributed by atoms with E-state index in [4.69, 9.17) is 17.0 Å². The Morgan fingerprint density at radius 2 is 2.13 bits per heavy atom. The number of nitrogens with zero attached hydrogens (tertiary/aromatic N) is 3. The number of aromatic hydroxyl groups is 1. The molecule has 2 aromatic rings. The highest BCUT2D eigenvalue weighted by molar-refractivity contribution is 7.78. The maximum atomic E-state index is 13.5. The van der Waals surface area contributed by atoms with Crippen molar-refractivity contribution in [1.29, 1.82) is 0 Å². The van der Waals surface area contributed by atoms with Gasteiger partial charge in [0.25, 0.3) is 0 Å². The number of phenolic OH excluding ortho intramolecular Hbond substituents is 1. The zero-order valence-electron chi connectivity index (χ0n) is 22.0. The largest absolute Gasteiger partial charge is 0.504 e. The van der Waals surface area contributed by atoms with Gasteiger partial charge in [-0.25, -0.2) is 0 Å². The molecule has 0 radical (unpaired) electrons. The third-order valence-electron chi connectivity index (χ3n) is 10.0. The Morgan fingerprint density at radius 1 is 1.28 bits per heavy atom. The van der Waals surface area contributed by atoms with E-state index in [2.05, 4.69) is 15.1 Å². The number of thiocarbonyl (C=S) groups is 1. The molecule has 1 amide bonds. The number of isothiocyanates is 1. The lowest BCUT2D eigenvalue weighted by Crippen LogP contribution is -2.78.